The fraction of sp³-hybridized carbons (Fsp3) is 0.235. The summed E-state index contributed by atoms with van der Waals surface area (Å²) < 4.78 is 25.5. The summed E-state index contributed by atoms with van der Waals surface area (Å²) in [4.78, 5) is 12.3. The van der Waals surface area contributed by atoms with E-state index in [0.717, 1.165) is 0 Å². The lowest BCUT2D eigenvalue weighted by atomic mass is 10.0. The highest BCUT2D eigenvalue weighted by Crippen LogP contribution is 2.17. The topological polar surface area (TPSA) is 75.3 Å². The zero-order valence-electron chi connectivity index (χ0n) is 13.3. The fourth-order valence-electron chi connectivity index (χ4n) is 2.06. The van der Waals surface area contributed by atoms with Crippen molar-refractivity contribution in [3.05, 3.63) is 59.7 Å². The SMILES string of the molecule is CNS(=O)(=O)c1ccc(NC(=O)c2ccc(C(C)C)cc2)cc1. The number of anilines is 1. The van der Waals surface area contributed by atoms with E-state index in [4.69, 9.17) is 0 Å². The molecule has 23 heavy (non-hydrogen) atoms. The summed E-state index contributed by atoms with van der Waals surface area (Å²) in [5, 5.41) is 2.75. The van der Waals surface area contributed by atoms with Crippen molar-refractivity contribution in [2.45, 2.75) is 24.7 Å². The minimum absolute atomic E-state index is 0.152. The van der Waals surface area contributed by atoms with E-state index >= 15 is 0 Å². The van der Waals surface area contributed by atoms with Crippen molar-refractivity contribution in [2.24, 2.45) is 0 Å². The third kappa shape index (κ3) is 4.18. The van der Waals surface area contributed by atoms with Crippen molar-refractivity contribution < 1.29 is 13.2 Å². The first-order valence-corrected chi connectivity index (χ1v) is 8.76. The summed E-state index contributed by atoms with van der Waals surface area (Å²) in [6, 6.07) is 13.4. The number of benzene rings is 2. The molecule has 0 aromatic heterocycles. The van der Waals surface area contributed by atoms with Gasteiger partial charge in [-0.3, -0.25) is 4.79 Å². The molecular formula is C17H20N2O3S. The molecule has 2 N–H and O–H groups in total. The molecule has 0 saturated carbocycles. The van der Waals surface area contributed by atoms with Crippen molar-refractivity contribution in [1.29, 1.82) is 0 Å². The Hall–Kier alpha value is -2.18. The van der Waals surface area contributed by atoms with Crippen LogP contribution in [0, 0.1) is 0 Å². The molecule has 0 aliphatic rings. The number of amides is 1. The van der Waals surface area contributed by atoms with E-state index in [0.29, 0.717) is 17.2 Å². The van der Waals surface area contributed by atoms with Crippen LogP contribution in [0.5, 0.6) is 0 Å². The Labute approximate surface area is 136 Å². The van der Waals surface area contributed by atoms with Crippen LogP contribution >= 0.6 is 0 Å². The molecule has 0 aliphatic heterocycles. The average Bonchev–Trinajstić information content (AvgIpc) is 2.55. The number of nitrogens with one attached hydrogen (secondary N) is 2. The molecule has 5 nitrogen and oxygen atoms in total. The number of carbonyl (C=O) groups is 1. The maximum Gasteiger partial charge on any atom is 0.255 e. The highest BCUT2D eigenvalue weighted by atomic mass is 32.2. The van der Waals surface area contributed by atoms with E-state index in [1.807, 2.05) is 12.1 Å². The molecule has 6 heteroatoms. The van der Waals surface area contributed by atoms with Gasteiger partial charge in [0.25, 0.3) is 5.91 Å². The predicted octanol–water partition coefficient (Wildman–Crippen LogP) is 2.97. The van der Waals surface area contributed by atoms with Gasteiger partial charge in [-0.1, -0.05) is 26.0 Å². The lowest BCUT2D eigenvalue weighted by Crippen LogP contribution is -2.18. The lowest BCUT2D eigenvalue weighted by molar-refractivity contribution is 0.102. The Kier molecular flexibility index (Phi) is 5.18. The second-order valence-corrected chi connectivity index (χ2v) is 7.35. The normalized spacial score (nSPS) is 11.5. The van der Waals surface area contributed by atoms with Crippen LogP contribution in [0.15, 0.2) is 53.4 Å². The highest BCUT2D eigenvalue weighted by molar-refractivity contribution is 7.89. The number of hydrogen-bond donors (Lipinski definition) is 2. The summed E-state index contributed by atoms with van der Waals surface area (Å²) in [6.45, 7) is 4.19. The molecule has 2 aromatic rings. The number of rotatable bonds is 5. The number of sulfonamides is 1. The van der Waals surface area contributed by atoms with E-state index in [2.05, 4.69) is 23.9 Å². The van der Waals surface area contributed by atoms with Crippen molar-refractivity contribution >= 4 is 21.6 Å². The molecule has 0 aliphatic carbocycles. The van der Waals surface area contributed by atoms with Crippen LogP contribution in [0.2, 0.25) is 0 Å². The smallest absolute Gasteiger partial charge is 0.255 e. The summed E-state index contributed by atoms with van der Waals surface area (Å²) >= 11 is 0. The zero-order valence-corrected chi connectivity index (χ0v) is 14.1. The van der Waals surface area contributed by atoms with Crippen LogP contribution in [0.4, 0.5) is 5.69 Å². The maximum absolute atomic E-state index is 12.2. The molecule has 0 heterocycles. The lowest BCUT2D eigenvalue weighted by Gasteiger charge is -2.09. The average molecular weight is 332 g/mol. The van der Waals surface area contributed by atoms with Gasteiger partial charge in [-0.15, -0.1) is 0 Å². The minimum atomic E-state index is -3.47. The Morgan fingerprint density at radius 2 is 1.52 bits per heavy atom. The molecule has 0 fully saturated rings. The van der Waals surface area contributed by atoms with Gasteiger partial charge in [-0.05, 0) is 54.9 Å². The molecule has 0 atom stereocenters. The largest absolute Gasteiger partial charge is 0.322 e. The minimum Gasteiger partial charge on any atom is -0.322 e. The van der Waals surface area contributed by atoms with Gasteiger partial charge in [0, 0.05) is 11.3 Å². The second-order valence-electron chi connectivity index (χ2n) is 5.46. The van der Waals surface area contributed by atoms with Gasteiger partial charge >= 0.3 is 0 Å². The van der Waals surface area contributed by atoms with E-state index in [-0.39, 0.29) is 10.8 Å². The molecule has 2 aromatic carbocycles. The van der Waals surface area contributed by atoms with Gasteiger partial charge in [0.2, 0.25) is 10.0 Å². The van der Waals surface area contributed by atoms with Crippen molar-refractivity contribution in [2.75, 3.05) is 12.4 Å². The van der Waals surface area contributed by atoms with E-state index in [1.54, 1.807) is 24.3 Å². The van der Waals surface area contributed by atoms with Crippen LogP contribution in [-0.4, -0.2) is 21.4 Å². The van der Waals surface area contributed by atoms with Crippen molar-refractivity contribution in [1.82, 2.24) is 4.72 Å². The number of hydrogen-bond acceptors (Lipinski definition) is 3. The van der Waals surface area contributed by atoms with Crippen molar-refractivity contribution in [3.63, 3.8) is 0 Å². The van der Waals surface area contributed by atoms with Gasteiger partial charge in [-0.25, -0.2) is 13.1 Å². The van der Waals surface area contributed by atoms with Gasteiger partial charge < -0.3 is 5.32 Å². The molecule has 122 valence electrons. The third-order valence-corrected chi connectivity index (χ3v) is 4.96. The molecule has 1 amide bonds. The quantitative estimate of drug-likeness (QED) is 0.884. The van der Waals surface area contributed by atoms with Crippen LogP contribution in [0.25, 0.3) is 0 Å². The maximum atomic E-state index is 12.2. The Bertz CT molecular complexity index is 780. The first-order chi connectivity index (χ1) is 10.8. The van der Waals surface area contributed by atoms with Gasteiger partial charge in [-0.2, -0.15) is 0 Å². The summed E-state index contributed by atoms with van der Waals surface area (Å²) in [5.74, 6) is 0.179. The standard InChI is InChI=1S/C17H20N2O3S/c1-12(2)13-4-6-14(7-5-13)17(20)19-15-8-10-16(11-9-15)23(21,22)18-3/h4-12,18H,1-3H3,(H,19,20). The summed E-state index contributed by atoms with van der Waals surface area (Å²) in [6.07, 6.45) is 0. The van der Waals surface area contributed by atoms with Gasteiger partial charge in [0.15, 0.2) is 0 Å². The van der Waals surface area contributed by atoms with Gasteiger partial charge in [0.05, 0.1) is 4.90 Å². The molecular weight excluding hydrogens is 312 g/mol. The van der Waals surface area contributed by atoms with Crippen LogP contribution in [0.1, 0.15) is 35.7 Å². The van der Waals surface area contributed by atoms with Crippen LogP contribution in [0.3, 0.4) is 0 Å². The number of carbonyl (C=O) groups excluding carboxylic acids is 1. The molecule has 0 radical (unpaired) electrons. The first-order valence-electron chi connectivity index (χ1n) is 7.28. The Morgan fingerprint density at radius 1 is 0.957 bits per heavy atom. The third-order valence-electron chi connectivity index (χ3n) is 3.53. The zero-order chi connectivity index (χ0) is 17.0. The monoisotopic (exact) mass is 332 g/mol. The summed E-state index contributed by atoms with van der Waals surface area (Å²) in [5.41, 5.74) is 2.27. The van der Waals surface area contributed by atoms with Crippen LogP contribution in [-0.2, 0) is 10.0 Å². The Morgan fingerprint density at radius 3 is 2.00 bits per heavy atom. The van der Waals surface area contributed by atoms with Gasteiger partial charge in [0.1, 0.15) is 0 Å². The molecule has 0 bridgehead atoms. The first kappa shape index (κ1) is 17.2. The molecule has 0 spiro atoms. The summed E-state index contributed by atoms with van der Waals surface area (Å²) in [7, 11) is -2.12. The van der Waals surface area contributed by atoms with E-state index in [9.17, 15) is 13.2 Å². The fourth-order valence-corrected chi connectivity index (χ4v) is 2.79. The van der Waals surface area contributed by atoms with Crippen molar-refractivity contribution in [3.8, 4) is 0 Å². The molecule has 0 saturated heterocycles. The highest BCUT2D eigenvalue weighted by Gasteiger charge is 2.11. The van der Waals surface area contributed by atoms with E-state index in [1.165, 1.54) is 24.7 Å². The second kappa shape index (κ2) is 6.93. The molecule has 2 rings (SSSR count). The van der Waals surface area contributed by atoms with E-state index < -0.39 is 10.0 Å². The molecule has 0 unspecified atom stereocenters. The van der Waals surface area contributed by atoms with Crippen LogP contribution < -0.4 is 10.0 Å². The Balaban J connectivity index is 2.11. The predicted molar refractivity (Wildman–Crippen MR) is 91.2 cm³/mol.